The van der Waals surface area contributed by atoms with Gasteiger partial charge in [-0.15, -0.1) is 0 Å². The summed E-state index contributed by atoms with van der Waals surface area (Å²) in [5, 5.41) is 1.23. The molecule has 2 rings (SSSR count). The number of nitrogens with one attached hydrogen (secondary N) is 1. The maximum absolute atomic E-state index is 6.07. The molecule has 2 nitrogen and oxygen atoms in total. The van der Waals surface area contributed by atoms with E-state index in [0.29, 0.717) is 5.92 Å². The zero-order valence-corrected chi connectivity index (χ0v) is 8.62. The zero-order valence-electron chi connectivity index (χ0n) is 8.62. The number of hydrogen-bond donors (Lipinski definition) is 2. The van der Waals surface area contributed by atoms with Crippen LogP contribution in [0.25, 0.3) is 10.9 Å². The van der Waals surface area contributed by atoms with Crippen molar-refractivity contribution in [1.82, 2.24) is 4.98 Å². The Hall–Kier alpha value is -1.28. The average molecular weight is 188 g/mol. The van der Waals surface area contributed by atoms with E-state index in [2.05, 4.69) is 37.0 Å². The Morgan fingerprint density at radius 3 is 2.57 bits per heavy atom. The van der Waals surface area contributed by atoms with E-state index >= 15 is 0 Å². The molecule has 0 unspecified atom stereocenters. The fourth-order valence-corrected chi connectivity index (χ4v) is 1.63. The van der Waals surface area contributed by atoms with Gasteiger partial charge in [0.2, 0.25) is 0 Å². The van der Waals surface area contributed by atoms with Crippen LogP contribution >= 0.6 is 0 Å². The number of aromatic nitrogens is 1. The summed E-state index contributed by atoms with van der Waals surface area (Å²) in [7, 11) is 0. The molecule has 0 aliphatic rings. The minimum Gasteiger partial charge on any atom is -0.357 e. The first-order chi connectivity index (χ1) is 6.68. The minimum absolute atomic E-state index is 0.0994. The van der Waals surface area contributed by atoms with Crippen LogP contribution in [0.15, 0.2) is 30.3 Å². The number of hydrogen-bond acceptors (Lipinski definition) is 1. The Morgan fingerprint density at radius 1 is 1.21 bits per heavy atom. The lowest BCUT2D eigenvalue weighted by molar-refractivity contribution is 0.506. The zero-order chi connectivity index (χ0) is 10.1. The van der Waals surface area contributed by atoms with Crippen LogP contribution in [0.2, 0.25) is 0 Å². The Balaban J connectivity index is 2.45. The fraction of sp³-hybridized carbons (Fsp3) is 0.333. The van der Waals surface area contributed by atoms with E-state index < -0.39 is 0 Å². The molecule has 1 atom stereocenters. The normalized spacial score (nSPS) is 13.7. The van der Waals surface area contributed by atoms with E-state index in [0.717, 1.165) is 5.69 Å². The third-order valence-electron chi connectivity index (χ3n) is 2.63. The van der Waals surface area contributed by atoms with Gasteiger partial charge in [-0.05, 0) is 23.4 Å². The highest BCUT2D eigenvalue weighted by Crippen LogP contribution is 2.22. The van der Waals surface area contributed by atoms with Crippen molar-refractivity contribution in [3.8, 4) is 0 Å². The molecule has 2 aromatic rings. The number of fused-ring (bicyclic) bond motifs is 1. The van der Waals surface area contributed by atoms with E-state index in [1.807, 2.05) is 12.1 Å². The molecule has 0 saturated carbocycles. The third kappa shape index (κ3) is 1.53. The summed E-state index contributed by atoms with van der Waals surface area (Å²) >= 11 is 0. The molecule has 3 N–H and O–H groups in total. The van der Waals surface area contributed by atoms with Crippen molar-refractivity contribution in [3.63, 3.8) is 0 Å². The number of para-hydroxylation sites is 1. The first kappa shape index (κ1) is 9.28. The summed E-state index contributed by atoms with van der Waals surface area (Å²) in [5.74, 6) is 0.461. The van der Waals surface area contributed by atoms with Crippen molar-refractivity contribution in [2.24, 2.45) is 11.7 Å². The van der Waals surface area contributed by atoms with Gasteiger partial charge in [0.05, 0.1) is 0 Å². The molecule has 0 bridgehead atoms. The first-order valence-electron chi connectivity index (χ1n) is 5.01. The molecule has 0 aliphatic heterocycles. The summed E-state index contributed by atoms with van der Waals surface area (Å²) in [6, 6.07) is 10.5. The molecule has 1 aromatic carbocycles. The minimum atomic E-state index is 0.0994. The number of benzene rings is 1. The second kappa shape index (κ2) is 3.46. The average Bonchev–Trinajstić information content (AvgIpc) is 2.59. The fourth-order valence-electron chi connectivity index (χ4n) is 1.63. The third-order valence-corrected chi connectivity index (χ3v) is 2.63. The number of aromatic amines is 1. The van der Waals surface area contributed by atoms with Gasteiger partial charge in [0, 0.05) is 17.3 Å². The van der Waals surface area contributed by atoms with Crippen molar-refractivity contribution in [3.05, 3.63) is 36.0 Å². The van der Waals surface area contributed by atoms with E-state index in [-0.39, 0.29) is 6.04 Å². The van der Waals surface area contributed by atoms with Crippen molar-refractivity contribution in [2.75, 3.05) is 0 Å². The second-order valence-electron chi connectivity index (χ2n) is 4.08. The lowest BCUT2D eigenvalue weighted by atomic mass is 10.0. The van der Waals surface area contributed by atoms with Gasteiger partial charge < -0.3 is 10.7 Å². The molecular weight excluding hydrogens is 172 g/mol. The Bertz CT molecular complexity index is 396. The summed E-state index contributed by atoms with van der Waals surface area (Å²) in [4.78, 5) is 3.35. The molecule has 1 aromatic heterocycles. The summed E-state index contributed by atoms with van der Waals surface area (Å²) in [6.07, 6.45) is 0. The SMILES string of the molecule is CC(C)[C@@H](N)c1cc2ccccc2[nH]1. The second-order valence-corrected chi connectivity index (χ2v) is 4.08. The van der Waals surface area contributed by atoms with Crippen LogP contribution in [0.5, 0.6) is 0 Å². The smallest absolute Gasteiger partial charge is 0.0471 e. The molecule has 0 saturated heterocycles. The molecule has 74 valence electrons. The van der Waals surface area contributed by atoms with Crippen LogP contribution in [0.1, 0.15) is 25.6 Å². The summed E-state index contributed by atoms with van der Waals surface area (Å²) < 4.78 is 0. The maximum Gasteiger partial charge on any atom is 0.0471 e. The van der Waals surface area contributed by atoms with Crippen LogP contribution in [0.3, 0.4) is 0 Å². The predicted molar refractivity (Wildman–Crippen MR) is 60.1 cm³/mol. The number of H-pyrrole nitrogens is 1. The van der Waals surface area contributed by atoms with Gasteiger partial charge >= 0.3 is 0 Å². The summed E-state index contributed by atoms with van der Waals surface area (Å²) in [5.41, 5.74) is 8.36. The highest BCUT2D eigenvalue weighted by molar-refractivity contribution is 5.80. The van der Waals surface area contributed by atoms with Crippen molar-refractivity contribution >= 4 is 10.9 Å². The highest BCUT2D eigenvalue weighted by atomic mass is 14.8. The maximum atomic E-state index is 6.07. The van der Waals surface area contributed by atoms with Crippen LogP contribution in [-0.2, 0) is 0 Å². The summed E-state index contributed by atoms with van der Waals surface area (Å²) in [6.45, 7) is 4.27. The molecule has 0 fully saturated rings. The van der Waals surface area contributed by atoms with Gasteiger partial charge in [0.1, 0.15) is 0 Å². The standard InChI is InChI=1S/C12H16N2/c1-8(2)12(13)11-7-9-5-3-4-6-10(9)14-11/h3-8,12,14H,13H2,1-2H3/t12-/m1/s1. The molecule has 14 heavy (non-hydrogen) atoms. The van der Waals surface area contributed by atoms with Gasteiger partial charge in [0.15, 0.2) is 0 Å². The molecule has 0 aliphatic carbocycles. The Labute approximate surface area is 84.1 Å². The van der Waals surface area contributed by atoms with Crippen molar-refractivity contribution in [1.29, 1.82) is 0 Å². The van der Waals surface area contributed by atoms with Gasteiger partial charge in [0.25, 0.3) is 0 Å². The van der Waals surface area contributed by atoms with Crippen LogP contribution < -0.4 is 5.73 Å². The van der Waals surface area contributed by atoms with Crippen molar-refractivity contribution in [2.45, 2.75) is 19.9 Å². The lowest BCUT2D eigenvalue weighted by Crippen LogP contribution is -2.16. The van der Waals surface area contributed by atoms with Gasteiger partial charge in [-0.3, -0.25) is 0 Å². The monoisotopic (exact) mass is 188 g/mol. The highest BCUT2D eigenvalue weighted by Gasteiger charge is 2.12. The molecular formula is C12H16N2. The molecule has 2 heteroatoms. The number of nitrogens with two attached hydrogens (primary N) is 1. The molecule has 1 heterocycles. The molecule has 0 spiro atoms. The molecule has 0 radical (unpaired) electrons. The lowest BCUT2D eigenvalue weighted by Gasteiger charge is -2.13. The predicted octanol–water partition coefficient (Wildman–Crippen LogP) is 2.82. The topological polar surface area (TPSA) is 41.8 Å². The van der Waals surface area contributed by atoms with Crippen LogP contribution in [-0.4, -0.2) is 4.98 Å². The van der Waals surface area contributed by atoms with E-state index in [1.165, 1.54) is 10.9 Å². The van der Waals surface area contributed by atoms with Gasteiger partial charge in [-0.1, -0.05) is 32.0 Å². The van der Waals surface area contributed by atoms with Crippen LogP contribution in [0, 0.1) is 5.92 Å². The Morgan fingerprint density at radius 2 is 1.93 bits per heavy atom. The van der Waals surface area contributed by atoms with Crippen molar-refractivity contribution < 1.29 is 0 Å². The van der Waals surface area contributed by atoms with Gasteiger partial charge in [-0.25, -0.2) is 0 Å². The first-order valence-corrected chi connectivity index (χ1v) is 5.01. The number of rotatable bonds is 2. The van der Waals surface area contributed by atoms with E-state index in [9.17, 15) is 0 Å². The van der Waals surface area contributed by atoms with Crippen LogP contribution in [0.4, 0.5) is 0 Å². The van der Waals surface area contributed by atoms with Gasteiger partial charge in [-0.2, -0.15) is 0 Å². The largest absolute Gasteiger partial charge is 0.357 e. The quantitative estimate of drug-likeness (QED) is 0.747. The Kier molecular flexibility index (Phi) is 2.30. The molecule has 0 amide bonds. The van der Waals surface area contributed by atoms with E-state index in [4.69, 9.17) is 5.73 Å². The van der Waals surface area contributed by atoms with E-state index in [1.54, 1.807) is 0 Å².